The van der Waals surface area contributed by atoms with E-state index in [2.05, 4.69) is 45.2 Å². The van der Waals surface area contributed by atoms with Gasteiger partial charge >= 0.3 is 0 Å². The summed E-state index contributed by atoms with van der Waals surface area (Å²) >= 11 is 5.20. The first-order valence-electron chi connectivity index (χ1n) is 7.89. The highest BCUT2D eigenvalue weighted by molar-refractivity contribution is 14.1. The lowest BCUT2D eigenvalue weighted by Crippen LogP contribution is -2.34. The number of aromatic hydroxyl groups is 1. The van der Waals surface area contributed by atoms with E-state index in [0.717, 1.165) is 31.7 Å². The third-order valence-electron chi connectivity index (χ3n) is 4.38. The molecule has 1 aromatic rings. The van der Waals surface area contributed by atoms with Crippen molar-refractivity contribution >= 4 is 74.2 Å². The smallest absolute Gasteiger partial charge is 0.293 e. The Hall–Kier alpha value is -0.290. The molecule has 1 aliphatic heterocycles. The number of amides is 2. The van der Waals surface area contributed by atoms with Gasteiger partial charge in [0, 0.05) is 15.7 Å². The van der Waals surface area contributed by atoms with Crippen molar-refractivity contribution in [1.29, 1.82) is 0 Å². The van der Waals surface area contributed by atoms with Gasteiger partial charge < -0.3 is 5.11 Å². The van der Waals surface area contributed by atoms with E-state index in [1.165, 1.54) is 24.2 Å². The third-order valence-corrected chi connectivity index (χ3v) is 6.74. The molecule has 0 radical (unpaired) electrons. The largest absolute Gasteiger partial charge is 0.506 e. The van der Waals surface area contributed by atoms with Crippen LogP contribution in [-0.2, 0) is 4.79 Å². The zero-order valence-corrected chi connectivity index (χ0v) is 18.1. The van der Waals surface area contributed by atoms with E-state index >= 15 is 0 Å². The van der Waals surface area contributed by atoms with Crippen LogP contribution in [0.1, 0.15) is 37.7 Å². The minimum Gasteiger partial charge on any atom is -0.506 e. The van der Waals surface area contributed by atoms with Crippen molar-refractivity contribution in [2.45, 2.75) is 32.1 Å². The van der Waals surface area contributed by atoms with E-state index in [1.54, 1.807) is 6.08 Å². The number of imide groups is 1. The molecular formula is C17H17I2NO3S. The van der Waals surface area contributed by atoms with Crippen LogP contribution < -0.4 is 0 Å². The molecule has 1 heterocycles. The second kappa shape index (κ2) is 7.94. The Bertz CT molecular complexity index is 714. The summed E-state index contributed by atoms with van der Waals surface area (Å²) in [6.45, 7) is 0.526. The first-order chi connectivity index (χ1) is 11.5. The molecule has 0 bridgehead atoms. The van der Waals surface area contributed by atoms with Crippen LogP contribution in [-0.4, -0.2) is 27.7 Å². The molecule has 1 aliphatic carbocycles. The standard InChI is InChI=1S/C17H17I2NO3S/c18-12-6-11(15(21)13(19)8-12)7-14-16(22)20(17(23)24-14)9-10-4-2-1-3-5-10/h6-8,10,21H,1-5,9H2/b14-7+. The van der Waals surface area contributed by atoms with Gasteiger partial charge in [0.05, 0.1) is 8.48 Å². The van der Waals surface area contributed by atoms with Crippen LogP contribution in [0, 0.1) is 13.1 Å². The zero-order chi connectivity index (χ0) is 17.3. The molecule has 24 heavy (non-hydrogen) atoms. The van der Waals surface area contributed by atoms with E-state index in [0.29, 0.717) is 22.9 Å². The molecule has 3 rings (SSSR count). The number of hydrogen-bond donors (Lipinski definition) is 1. The fourth-order valence-corrected chi connectivity index (χ4v) is 5.85. The number of thioether (sulfide) groups is 1. The molecule has 1 saturated carbocycles. The zero-order valence-electron chi connectivity index (χ0n) is 12.9. The predicted octanol–water partition coefficient (Wildman–Crippen LogP) is 5.22. The molecule has 128 valence electrons. The van der Waals surface area contributed by atoms with Gasteiger partial charge in [-0.05, 0) is 93.9 Å². The van der Waals surface area contributed by atoms with Crippen molar-refractivity contribution in [3.8, 4) is 5.75 Å². The summed E-state index contributed by atoms with van der Waals surface area (Å²) in [7, 11) is 0. The van der Waals surface area contributed by atoms with Gasteiger partial charge in [-0.3, -0.25) is 14.5 Å². The number of hydrogen-bond acceptors (Lipinski definition) is 4. The molecule has 1 aromatic carbocycles. The molecule has 4 nitrogen and oxygen atoms in total. The van der Waals surface area contributed by atoms with Crippen LogP contribution in [0.5, 0.6) is 5.75 Å². The lowest BCUT2D eigenvalue weighted by atomic mass is 9.89. The van der Waals surface area contributed by atoms with Gasteiger partial charge in [0.1, 0.15) is 5.75 Å². The monoisotopic (exact) mass is 569 g/mol. The highest BCUT2D eigenvalue weighted by Crippen LogP contribution is 2.37. The van der Waals surface area contributed by atoms with E-state index in [9.17, 15) is 14.7 Å². The fourth-order valence-electron chi connectivity index (χ4n) is 3.12. The van der Waals surface area contributed by atoms with Crippen molar-refractivity contribution in [3.05, 3.63) is 29.7 Å². The number of rotatable bonds is 3. The molecule has 2 fully saturated rings. The molecule has 7 heteroatoms. The summed E-state index contributed by atoms with van der Waals surface area (Å²) in [6.07, 6.45) is 7.44. The van der Waals surface area contributed by atoms with Crippen molar-refractivity contribution in [3.63, 3.8) is 0 Å². The number of halogens is 2. The van der Waals surface area contributed by atoms with Gasteiger partial charge in [-0.15, -0.1) is 0 Å². The normalized spacial score (nSPS) is 21.1. The molecule has 1 N–H and O–H groups in total. The number of nitrogens with zero attached hydrogens (tertiary/aromatic N) is 1. The van der Waals surface area contributed by atoms with Crippen LogP contribution in [0.2, 0.25) is 0 Å². The van der Waals surface area contributed by atoms with Gasteiger partial charge in [-0.1, -0.05) is 19.3 Å². The molecule has 0 atom stereocenters. The highest BCUT2D eigenvalue weighted by Gasteiger charge is 2.36. The van der Waals surface area contributed by atoms with Gasteiger partial charge in [0.15, 0.2) is 0 Å². The second-order valence-corrected chi connectivity index (χ2v) is 9.52. The van der Waals surface area contributed by atoms with Crippen LogP contribution in [0.4, 0.5) is 4.79 Å². The van der Waals surface area contributed by atoms with Gasteiger partial charge in [-0.25, -0.2) is 0 Å². The highest BCUT2D eigenvalue weighted by atomic mass is 127. The number of benzene rings is 1. The predicted molar refractivity (Wildman–Crippen MR) is 113 cm³/mol. The lowest BCUT2D eigenvalue weighted by molar-refractivity contribution is -0.123. The van der Waals surface area contributed by atoms with Crippen LogP contribution >= 0.6 is 56.9 Å². The minimum atomic E-state index is -0.233. The van der Waals surface area contributed by atoms with E-state index in [-0.39, 0.29) is 16.9 Å². The molecule has 2 amide bonds. The Morgan fingerprint density at radius 1 is 1.21 bits per heavy atom. The number of phenolic OH excluding ortho intramolecular Hbond substituents is 1. The Labute approximate surface area is 172 Å². The van der Waals surface area contributed by atoms with Crippen LogP contribution in [0.3, 0.4) is 0 Å². The van der Waals surface area contributed by atoms with Gasteiger partial charge in [0.2, 0.25) is 0 Å². The molecule has 0 aromatic heterocycles. The van der Waals surface area contributed by atoms with Crippen molar-refractivity contribution in [2.24, 2.45) is 5.92 Å². The SMILES string of the molecule is O=C1S/C(=C/c2cc(I)cc(I)c2O)C(=O)N1CC1CCCCC1. The minimum absolute atomic E-state index is 0.148. The third kappa shape index (κ3) is 4.09. The van der Waals surface area contributed by atoms with Gasteiger partial charge in [0.25, 0.3) is 11.1 Å². The maximum atomic E-state index is 12.6. The van der Waals surface area contributed by atoms with Crippen LogP contribution in [0.25, 0.3) is 6.08 Å². The summed E-state index contributed by atoms with van der Waals surface area (Å²) in [5.74, 6) is 0.345. The summed E-state index contributed by atoms with van der Waals surface area (Å²) < 4.78 is 1.70. The molecule has 0 spiro atoms. The van der Waals surface area contributed by atoms with Crippen LogP contribution in [0.15, 0.2) is 17.0 Å². The van der Waals surface area contributed by atoms with Crippen molar-refractivity contribution < 1.29 is 14.7 Å². The average molecular weight is 569 g/mol. The first-order valence-corrected chi connectivity index (χ1v) is 10.9. The molecule has 1 saturated heterocycles. The van der Waals surface area contributed by atoms with E-state index in [1.807, 2.05) is 12.1 Å². The van der Waals surface area contributed by atoms with Gasteiger partial charge in [-0.2, -0.15) is 0 Å². The Balaban J connectivity index is 1.80. The van der Waals surface area contributed by atoms with E-state index < -0.39 is 0 Å². The fraction of sp³-hybridized carbons (Fsp3) is 0.412. The number of carbonyl (C=O) groups excluding carboxylic acids is 2. The Kier molecular flexibility index (Phi) is 6.12. The maximum Gasteiger partial charge on any atom is 0.293 e. The van der Waals surface area contributed by atoms with Crippen molar-refractivity contribution in [1.82, 2.24) is 4.90 Å². The topological polar surface area (TPSA) is 57.6 Å². The lowest BCUT2D eigenvalue weighted by Gasteiger charge is -2.25. The first kappa shape index (κ1) is 18.5. The summed E-state index contributed by atoms with van der Waals surface area (Å²) in [5.41, 5.74) is 0.578. The number of phenols is 1. The average Bonchev–Trinajstić information content (AvgIpc) is 2.81. The second-order valence-electron chi connectivity index (χ2n) is 6.12. The van der Waals surface area contributed by atoms with E-state index in [4.69, 9.17) is 0 Å². The van der Waals surface area contributed by atoms with Crippen molar-refractivity contribution in [2.75, 3.05) is 6.54 Å². The summed E-state index contributed by atoms with van der Waals surface area (Å²) in [4.78, 5) is 26.6. The molecule has 0 unspecified atom stereocenters. The summed E-state index contributed by atoms with van der Waals surface area (Å²) in [6, 6.07) is 3.68. The Morgan fingerprint density at radius 2 is 1.92 bits per heavy atom. The maximum absolute atomic E-state index is 12.6. The Morgan fingerprint density at radius 3 is 2.62 bits per heavy atom. The molecular weight excluding hydrogens is 552 g/mol. The number of carbonyl (C=O) groups is 2. The summed E-state index contributed by atoms with van der Waals surface area (Å²) in [5, 5.41) is 9.99. The molecule has 2 aliphatic rings. The quantitative estimate of drug-likeness (QED) is 0.401.